The molecule has 2 aromatic rings. The van der Waals surface area contributed by atoms with Crippen molar-refractivity contribution < 1.29 is 0 Å². The van der Waals surface area contributed by atoms with Crippen molar-refractivity contribution in [3.8, 4) is 0 Å². The molecule has 2 fully saturated rings. The number of halogens is 1. The van der Waals surface area contributed by atoms with Gasteiger partial charge in [-0.1, -0.05) is 30.3 Å². The van der Waals surface area contributed by atoms with Crippen molar-refractivity contribution in [1.82, 2.24) is 19.7 Å². The van der Waals surface area contributed by atoms with Gasteiger partial charge in [0.2, 0.25) is 0 Å². The Bertz CT molecular complexity index is 728. The topological polar surface area (TPSA) is 22.6 Å². The zero-order valence-electron chi connectivity index (χ0n) is 16.8. The third-order valence-corrected chi connectivity index (χ3v) is 6.78. The van der Waals surface area contributed by atoms with Crippen molar-refractivity contribution in [3.63, 3.8) is 0 Å². The molecule has 2 atom stereocenters. The van der Waals surface area contributed by atoms with E-state index in [1.807, 2.05) is 6.20 Å². The molecule has 0 bridgehead atoms. The quantitative estimate of drug-likeness (QED) is 0.697. The molecule has 4 rings (SSSR count). The van der Waals surface area contributed by atoms with Crippen LogP contribution in [0.15, 0.2) is 53.1 Å². The van der Waals surface area contributed by atoms with Gasteiger partial charge in [-0.3, -0.25) is 19.7 Å². The molecule has 5 heteroatoms. The Labute approximate surface area is 177 Å². The zero-order chi connectivity index (χ0) is 19.3. The second-order valence-corrected chi connectivity index (χ2v) is 9.18. The molecule has 0 N–H and O–H groups in total. The first-order valence-electron chi connectivity index (χ1n) is 10.5. The number of piperazine rings is 1. The number of pyridine rings is 1. The fourth-order valence-electron chi connectivity index (χ4n) is 4.60. The Morgan fingerprint density at radius 1 is 0.964 bits per heavy atom. The minimum absolute atomic E-state index is 0.656. The van der Waals surface area contributed by atoms with E-state index in [1.54, 1.807) is 0 Å². The number of rotatable bonds is 5. The van der Waals surface area contributed by atoms with Crippen molar-refractivity contribution >= 4 is 15.9 Å². The second kappa shape index (κ2) is 9.49. The fourth-order valence-corrected chi connectivity index (χ4v) is 4.83. The molecule has 2 saturated heterocycles. The van der Waals surface area contributed by atoms with Crippen LogP contribution >= 0.6 is 15.9 Å². The number of likely N-dealkylation sites (tertiary alicyclic amines) is 1. The number of benzene rings is 1. The molecule has 0 spiro atoms. The Kier molecular flexibility index (Phi) is 6.78. The van der Waals surface area contributed by atoms with Gasteiger partial charge in [0.1, 0.15) is 0 Å². The molecular formula is C23H31BrN4. The van der Waals surface area contributed by atoms with E-state index in [4.69, 9.17) is 0 Å². The number of hydrogen-bond donors (Lipinski definition) is 0. The summed E-state index contributed by atoms with van der Waals surface area (Å²) in [6.45, 7) is 10.3. The van der Waals surface area contributed by atoms with E-state index in [0.717, 1.165) is 36.7 Å². The molecular weight excluding hydrogens is 412 g/mol. The third-order valence-electron chi connectivity index (χ3n) is 6.31. The van der Waals surface area contributed by atoms with Crippen LogP contribution in [-0.2, 0) is 13.1 Å². The lowest BCUT2D eigenvalue weighted by Crippen LogP contribution is -2.54. The summed E-state index contributed by atoms with van der Waals surface area (Å²) in [5, 5.41) is 0. The molecule has 3 heterocycles. The van der Waals surface area contributed by atoms with Crippen molar-refractivity contribution in [2.24, 2.45) is 0 Å². The highest BCUT2D eigenvalue weighted by molar-refractivity contribution is 9.10. The number of aromatic nitrogens is 1. The minimum atomic E-state index is 0.656. The van der Waals surface area contributed by atoms with Crippen LogP contribution in [0.3, 0.4) is 0 Å². The Hall–Kier alpha value is -1.27. The lowest BCUT2D eigenvalue weighted by Gasteiger charge is -2.45. The van der Waals surface area contributed by atoms with Crippen LogP contribution in [0.2, 0.25) is 0 Å². The van der Waals surface area contributed by atoms with Gasteiger partial charge < -0.3 is 0 Å². The predicted octanol–water partition coefficient (Wildman–Crippen LogP) is 4.01. The maximum absolute atomic E-state index is 4.53. The first-order valence-corrected chi connectivity index (χ1v) is 11.3. The van der Waals surface area contributed by atoms with Crippen LogP contribution in [0.25, 0.3) is 0 Å². The molecule has 0 radical (unpaired) electrons. The van der Waals surface area contributed by atoms with Gasteiger partial charge in [0.05, 0.1) is 5.69 Å². The lowest BCUT2D eigenvalue weighted by atomic mass is 9.95. The van der Waals surface area contributed by atoms with Crippen molar-refractivity contribution in [3.05, 3.63) is 64.4 Å². The molecule has 0 amide bonds. The highest BCUT2D eigenvalue weighted by Gasteiger charge is 2.31. The van der Waals surface area contributed by atoms with E-state index in [1.165, 1.54) is 43.7 Å². The van der Waals surface area contributed by atoms with Gasteiger partial charge in [0.25, 0.3) is 0 Å². The Morgan fingerprint density at radius 2 is 1.75 bits per heavy atom. The second-order valence-electron chi connectivity index (χ2n) is 8.26. The summed E-state index contributed by atoms with van der Waals surface area (Å²) in [4.78, 5) is 12.5. The summed E-state index contributed by atoms with van der Waals surface area (Å²) in [5.74, 6) is 0. The molecule has 2 unspecified atom stereocenters. The molecule has 150 valence electrons. The molecule has 1 aromatic carbocycles. The Balaban J connectivity index is 1.23. The number of nitrogens with zero attached hydrogens (tertiary/aromatic N) is 4. The van der Waals surface area contributed by atoms with Gasteiger partial charge in [0, 0.05) is 68.6 Å². The lowest BCUT2D eigenvalue weighted by molar-refractivity contribution is 0.0341. The van der Waals surface area contributed by atoms with Crippen LogP contribution in [0.4, 0.5) is 0 Å². The fraction of sp³-hybridized carbons (Fsp3) is 0.522. The molecule has 1 aromatic heterocycles. The largest absolute Gasteiger partial charge is 0.298 e. The maximum atomic E-state index is 4.53. The molecule has 0 saturated carbocycles. The van der Waals surface area contributed by atoms with Gasteiger partial charge in [-0.05, 0) is 53.4 Å². The average Bonchev–Trinajstić information content (AvgIpc) is 2.73. The van der Waals surface area contributed by atoms with Gasteiger partial charge in [0.15, 0.2) is 0 Å². The number of piperidine rings is 1. The average molecular weight is 443 g/mol. The zero-order valence-corrected chi connectivity index (χ0v) is 18.4. The summed E-state index contributed by atoms with van der Waals surface area (Å²) >= 11 is 3.46. The summed E-state index contributed by atoms with van der Waals surface area (Å²) in [7, 11) is 0. The summed E-state index contributed by atoms with van der Waals surface area (Å²) in [6, 6.07) is 16.5. The maximum Gasteiger partial charge on any atom is 0.0544 e. The van der Waals surface area contributed by atoms with Crippen molar-refractivity contribution in [1.29, 1.82) is 0 Å². The predicted molar refractivity (Wildman–Crippen MR) is 118 cm³/mol. The van der Waals surface area contributed by atoms with E-state index in [-0.39, 0.29) is 0 Å². The van der Waals surface area contributed by atoms with Crippen LogP contribution in [-0.4, -0.2) is 64.5 Å². The molecule has 0 aliphatic carbocycles. The van der Waals surface area contributed by atoms with Crippen LogP contribution in [0.5, 0.6) is 0 Å². The highest BCUT2D eigenvalue weighted by atomic mass is 79.9. The standard InChI is InChI=1S/C23H31BrN4/c1-19-15-23(9-10-28(19)17-20-5-3-2-4-6-20)27-13-11-26(12-14-27)18-22-8-7-21(24)16-25-22/h2-8,16,19,23H,9-15,17-18H2,1H3. The minimum Gasteiger partial charge on any atom is -0.298 e. The van der Waals surface area contributed by atoms with Crippen molar-refractivity contribution in [2.45, 2.75) is 44.9 Å². The van der Waals surface area contributed by atoms with Gasteiger partial charge >= 0.3 is 0 Å². The van der Waals surface area contributed by atoms with Crippen molar-refractivity contribution in [2.75, 3.05) is 32.7 Å². The van der Waals surface area contributed by atoms with Gasteiger partial charge in [-0.25, -0.2) is 0 Å². The molecule has 2 aliphatic heterocycles. The molecule has 4 nitrogen and oxygen atoms in total. The van der Waals surface area contributed by atoms with E-state index < -0.39 is 0 Å². The Morgan fingerprint density at radius 3 is 2.43 bits per heavy atom. The summed E-state index contributed by atoms with van der Waals surface area (Å²) in [5.41, 5.74) is 2.60. The summed E-state index contributed by atoms with van der Waals surface area (Å²) < 4.78 is 1.05. The first-order chi connectivity index (χ1) is 13.7. The molecule has 2 aliphatic rings. The van der Waals surface area contributed by atoms with E-state index in [2.05, 4.69) is 85.0 Å². The van der Waals surface area contributed by atoms with Gasteiger partial charge in [-0.2, -0.15) is 0 Å². The van der Waals surface area contributed by atoms with Crippen LogP contribution in [0, 0.1) is 0 Å². The van der Waals surface area contributed by atoms with Crippen LogP contribution in [0.1, 0.15) is 31.0 Å². The van der Waals surface area contributed by atoms with E-state index in [9.17, 15) is 0 Å². The molecule has 28 heavy (non-hydrogen) atoms. The summed E-state index contributed by atoms with van der Waals surface area (Å²) in [6.07, 6.45) is 4.49. The third kappa shape index (κ3) is 5.20. The van der Waals surface area contributed by atoms with Crippen LogP contribution < -0.4 is 0 Å². The van der Waals surface area contributed by atoms with E-state index in [0.29, 0.717) is 6.04 Å². The normalized spacial score (nSPS) is 25.1. The number of hydrogen-bond acceptors (Lipinski definition) is 4. The SMILES string of the molecule is CC1CC(N2CCN(Cc3ccc(Br)cn3)CC2)CCN1Cc1ccccc1. The smallest absolute Gasteiger partial charge is 0.0544 e. The van der Waals surface area contributed by atoms with Gasteiger partial charge in [-0.15, -0.1) is 0 Å². The first kappa shape index (κ1) is 20.0. The monoisotopic (exact) mass is 442 g/mol. The van der Waals surface area contributed by atoms with E-state index >= 15 is 0 Å². The highest BCUT2D eigenvalue weighted by Crippen LogP contribution is 2.24.